The minimum atomic E-state index is -4.44. The molecule has 0 fully saturated rings. The minimum Gasteiger partial charge on any atom is -0.372 e. The van der Waals surface area contributed by atoms with E-state index in [9.17, 15) is 13.2 Å². The molecule has 0 aromatic carbocycles. The average molecular weight is 220 g/mol. The number of halogens is 3. The Kier molecular flexibility index (Phi) is 3.33. The predicted molar refractivity (Wildman–Crippen MR) is 50.7 cm³/mol. The van der Waals surface area contributed by atoms with Crippen LogP contribution in [0.3, 0.4) is 0 Å². The molecular formula is C8H11F3N4. The van der Waals surface area contributed by atoms with Crippen LogP contribution in [0.1, 0.15) is 12.5 Å². The van der Waals surface area contributed by atoms with Crippen LogP contribution in [0.4, 0.5) is 24.9 Å². The van der Waals surface area contributed by atoms with Crippen LogP contribution in [0.15, 0.2) is 6.20 Å². The van der Waals surface area contributed by atoms with Gasteiger partial charge in [-0.3, -0.25) is 0 Å². The van der Waals surface area contributed by atoms with Crippen molar-refractivity contribution in [3.05, 3.63) is 11.8 Å². The summed E-state index contributed by atoms with van der Waals surface area (Å²) in [5, 5.41) is 5.12. The van der Waals surface area contributed by atoms with Crippen LogP contribution >= 0.6 is 0 Å². The van der Waals surface area contributed by atoms with Crippen LogP contribution in [-0.2, 0) is 6.18 Å². The molecule has 0 aliphatic rings. The number of hydrogen-bond acceptors (Lipinski definition) is 4. The molecule has 0 saturated carbocycles. The molecule has 1 heterocycles. The van der Waals surface area contributed by atoms with Gasteiger partial charge in [0, 0.05) is 19.8 Å². The molecule has 7 heteroatoms. The summed E-state index contributed by atoms with van der Waals surface area (Å²) in [5.41, 5.74) is -0.869. The van der Waals surface area contributed by atoms with Crippen molar-refractivity contribution >= 4 is 11.8 Å². The van der Waals surface area contributed by atoms with Crippen molar-refractivity contribution in [3.63, 3.8) is 0 Å². The van der Waals surface area contributed by atoms with E-state index in [1.54, 1.807) is 6.92 Å². The maximum atomic E-state index is 12.4. The van der Waals surface area contributed by atoms with E-state index < -0.39 is 11.7 Å². The van der Waals surface area contributed by atoms with Crippen LogP contribution in [0.5, 0.6) is 0 Å². The van der Waals surface area contributed by atoms with Crippen molar-refractivity contribution in [2.75, 3.05) is 24.2 Å². The van der Waals surface area contributed by atoms with Gasteiger partial charge in [0.15, 0.2) is 0 Å². The van der Waals surface area contributed by atoms with Crippen LogP contribution in [-0.4, -0.2) is 23.6 Å². The Hall–Kier alpha value is -1.53. The first-order valence-corrected chi connectivity index (χ1v) is 4.35. The molecule has 0 aliphatic heterocycles. The number of hydrogen-bond donors (Lipinski definition) is 2. The van der Waals surface area contributed by atoms with Gasteiger partial charge in [0.2, 0.25) is 5.95 Å². The molecule has 0 saturated heterocycles. The van der Waals surface area contributed by atoms with Crippen LogP contribution in [0, 0.1) is 0 Å². The molecule has 0 amide bonds. The molecule has 84 valence electrons. The molecule has 0 radical (unpaired) electrons. The number of rotatable bonds is 3. The fourth-order valence-corrected chi connectivity index (χ4v) is 1.02. The summed E-state index contributed by atoms with van der Waals surface area (Å²) in [6, 6.07) is 0. The van der Waals surface area contributed by atoms with E-state index in [2.05, 4.69) is 20.6 Å². The van der Waals surface area contributed by atoms with Gasteiger partial charge < -0.3 is 10.6 Å². The number of anilines is 2. The summed E-state index contributed by atoms with van der Waals surface area (Å²) in [6.07, 6.45) is -3.68. The lowest BCUT2D eigenvalue weighted by Crippen LogP contribution is -2.13. The van der Waals surface area contributed by atoms with Crippen molar-refractivity contribution in [1.29, 1.82) is 0 Å². The van der Waals surface area contributed by atoms with Gasteiger partial charge in [-0.15, -0.1) is 0 Å². The molecule has 1 aromatic heterocycles. The van der Waals surface area contributed by atoms with Crippen molar-refractivity contribution in [2.45, 2.75) is 13.1 Å². The molecule has 1 aromatic rings. The van der Waals surface area contributed by atoms with E-state index >= 15 is 0 Å². The Bertz CT molecular complexity index is 337. The predicted octanol–water partition coefficient (Wildman–Crippen LogP) is 1.97. The van der Waals surface area contributed by atoms with E-state index in [1.165, 1.54) is 7.05 Å². The van der Waals surface area contributed by atoms with Crippen LogP contribution in [0.2, 0.25) is 0 Å². The van der Waals surface area contributed by atoms with Crippen molar-refractivity contribution in [2.24, 2.45) is 0 Å². The molecule has 0 atom stereocenters. The highest BCUT2D eigenvalue weighted by Crippen LogP contribution is 2.33. The SMILES string of the molecule is CCNc1ncc(C(F)(F)F)c(NC)n1. The van der Waals surface area contributed by atoms with Gasteiger partial charge in [0.1, 0.15) is 11.4 Å². The largest absolute Gasteiger partial charge is 0.421 e. The zero-order valence-electron chi connectivity index (χ0n) is 8.31. The molecule has 1 rings (SSSR count). The first kappa shape index (κ1) is 11.5. The van der Waals surface area contributed by atoms with Gasteiger partial charge in [-0.2, -0.15) is 18.2 Å². The number of nitrogens with zero attached hydrogens (tertiary/aromatic N) is 2. The molecule has 0 bridgehead atoms. The fraction of sp³-hybridized carbons (Fsp3) is 0.500. The summed E-state index contributed by atoms with van der Waals surface area (Å²) < 4.78 is 37.2. The second kappa shape index (κ2) is 4.33. The van der Waals surface area contributed by atoms with E-state index in [1.807, 2.05) is 0 Å². The summed E-state index contributed by atoms with van der Waals surface area (Å²) in [7, 11) is 1.38. The second-order valence-corrected chi connectivity index (χ2v) is 2.73. The van der Waals surface area contributed by atoms with E-state index in [0.29, 0.717) is 6.54 Å². The molecular weight excluding hydrogens is 209 g/mol. The Morgan fingerprint density at radius 2 is 2.07 bits per heavy atom. The van der Waals surface area contributed by atoms with Gasteiger partial charge in [0.25, 0.3) is 0 Å². The normalized spacial score (nSPS) is 11.3. The van der Waals surface area contributed by atoms with Crippen LogP contribution in [0.25, 0.3) is 0 Å². The number of nitrogens with one attached hydrogen (secondary N) is 2. The van der Waals surface area contributed by atoms with Gasteiger partial charge in [-0.25, -0.2) is 4.98 Å². The van der Waals surface area contributed by atoms with Crippen LogP contribution < -0.4 is 10.6 Å². The first-order valence-electron chi connectivity index (χ1n) is 4.35. The minimum absolute atomic E-state index is 0.176. The van der Waals surface area contributed by atoms with Crippen molar-refractivity contribution in [3.8, 4) is 0 Å². The molecule has 2 N–H and O–H groups in total. The van der Waals surface area contributed by atoms with Gasteiger partial charge in [-0.05, 0) is 6.92 Å². The molecule has 0 unspecified atom stereocenters. The van der Waals surface area contributed by atoms with E-state index in [0.717, 1.165) is 6.20 Å². The summed E-state index contributed by atoms with van der Waals surface area (Å²) in [4.78, 5) is 7.26. The third-order valence-corrected chi connectivity index (χ3v) is 1.67. The Morgan fingerprint density at radius 1 is 1.40 bits per heavy atom. The standard InChI is InChI=1S/C8H11F3N4/c1-3-13-7-14-4-5(8(9,10)11)6(12-2)15-7/h4H,3H2,1-2H3,(H2,12,13,14,15). The topological polar surface area (TPSA) is 49.8 Å². The molecule has 15 heavy (non-hydrogen) atoms. The Morgan fingerprint density at radius 3 is 2.53 bits per heavy atom. The maximum absolute atomic E-state index is 12.4. The number of aromatic nitrogens is 2. The van der Waals surface area contributed by atoms with Gasteiger partial charge in [0.05, 0.1) is 0 Å². The first-order chi connectivity index (χ1) is 6.99. The zero-order valence-corrected chi connectivity index (χ0v) is 8.31. The van der Waals surface area contributed by atoms with Gasteiger partial charge >= 0.3 is 6.18 Å². The quantitative estimate of drug-likeness (QED) is 0.817. The Balaban J connectivity index is 3.09. The molecule has 0 aliphatic carbocycles. The smallest absolute Gasteiger partial charge is 0.372 e. The summed E-state index contributed by atoms with van der Waals surface area (Å²) in [5.74, 6) is -0.0525. The highest BCUT2D eigenvalue weighted by atomic mass is 19.4. The zero-order chi connectivity index (χ0) is 11.5. The van der Waals surface area contributed by atoms with E-state index in [4.69, 9.17) is 0 Å². The fourth-order valence-electron chi connectivity index (χ4n) is 1.02. The third-order valence-electron chi connectivity index (χ3n) is 1.67. The molecule has 4 nitrogen and oxygen atoms in total. The van der Waals surface area contributed by atoms with Crippen molar-refractivity contribution in [1.82, 2.24) is 9.97 Å². The highest BCUT2D eigenvalue weighted by molar-refractivity contribution is 5.48. The monoisotopic (exact) mass is 220 g/mol. The lowest BCUT2D eigenvalue weighted by molar-refractivity contribution is -0.137. The number of alkyl halides is 3. The average Bonchev–Trinajstić information content (AvgIpc) is 2.16. The van der Waals surface area contributed by atoms with Gasteiger partial charge in [-0.1, -0.05) is 0 Å². The summed E-state index contributed by atoms with van der Waals surface area (Å²) >= 11 is 0. The van der Waals surface area contributed by atoms with Crippen molar-refractivity contribution < 1.29 is 13.2 Å². The lowest BCUT2D eigenvalue weighted by Gasteiger charge is -2.12. The second-order valence-electron chi connectivity index (χ2n) is 2.73. The molecule has 0 spiro atoms. The highest BCUT2D eigenvalue weighted by Gasteiger charge is 2.34. The summed E-state index contributed by atoms with van der Waals surface area (Å²) in [6.45, 7) is 2.36. The van der Waals surface area contributed by atoms with E-state index in [-0.39, 0.29) is 11.8 Å². The lowest BCUT2D eigenvalue weighted by atomic mass is 10.3. The third kappa shape index (κ3) is 2.71. The Labute approximate surface area is 84.9 Å². The maximum Gasteiger partial charge on any atom is 0.421 e.